The number of carbonyl (C=O) groups excluding carboxylic acids is 1. The first kappa shape index (κ1) is 17.3. The van der Waals surface area contributed by atoms with Gasteiger partial charge in [0.25, 0.3) is 0 Å². The number of benzene rings is 1. The zero-order chi connectivity index (χ0) is 16.1. The Morgan fingerprint density at radius 3 is 2.29 bits per heavy atom. The maximum atomic E-state index is 12.1. The second-order valence-electron chi connectivity index (χ2n) is 4.97. The third kappa shape index (κ3) is 5.63. The van der Waals surface area contributed by atoms with Crippen LogP contribution in [0, 0.1) is 0 Å². The van der Waals surface area contributed by atoms with Gasteiger partial charge in [-0.05, 0) is 37.6 Å². The molecule has 7 heteroatoms. The van der Waals surface area contributed by atoms with Gasteiger partial charge in [0, 0.05) is 12.0 Å². The second kappa shape index (κ2) is 6.80. The summed E-state index contributed by atoms with van der Waals surface area (Å²) >= 11 is 0. The van der Waals surface area contributed by atoms with Crippen LogP contribution in [-0.4, -0.2) is 18.8 Å². The third-order valence-electron chi connectivity index (χ3n) is 3.02. The number of primary amides is 1. The molecule has 0 heterocycles. The lowest BCUT2D eigenvalue weighted by Gasteiger charge is -2.30. The Kier molecular flexibility index (Phi) is 5.60. The summed E-state index contributed by atoms with van der Waals surface area (Å²) in [6.07, 6.45) is -3.82. The molecule has 21 heavy (non-hydrogen) atoms. The first-order chi connectivity index (χ1) is 9.66. The molecular weight excluding hydrogens is 285 g/mol. The van der Waals surface area contributed by atoms with Crippen LogP contribution < -0.4 is 15.8 Å². The second-order valence-corrected chi connectivity index (χ2v) is 4.97. The Hall–Kier alpha value is -1.76. The van der Waals surface area contributed by atoms with Crippen molar-refractivity contribution in [2.75, 3.05) is 6.54 Å². The number of alkyl halides is 3. The fourth-order valence-electron chi connectivity index (χ4n) is 2.04. The quantitative estimate of drug-likeness (QED) is 0.814. The van der Waals surface area contributed by atoms with Crippen LogP contribution in [0.25, 0.3) is 0 Å². The molecule has 1 amide bonds. The minimum absolute atomic E-state index is 0.0481. The van der Waals surface area contributed by atoms with Gasteiger partial charge in [0.2, 0.25) is 5.91 Å². The van der Waals surface area contributed by atoms with Gasteiger partial charge in [-0.25, -0.2) is 0 Å². The normalized spacial score (nSPS) is 14.5. The Bertz CT molecular complexity index is 474. The molecule has 0 fully saturated rings. The number of nitrogens with one attached hydrogen (secondary N) is 1. The molecule has 0 aromatic heterocycles. The van der Waals surface area contributed by atoms with Gasteiger partial charge in [0.05, 0.1) is 0 Å². The number of halogens is 3. The van der Waals surface area contributed by atoms with E-state index >= 15 is 0 Å². The van der Waals surface area contributed by atoms with Crippen molar-refractivity contribution < 1.29 is 22.7 Å². The van der Waals surface area contributed by atoms with E-state index in [1.165, 1.54) is 24.3 Å². The third-order valence-corrected chi connectivity index (χ3v) is 3.02. The summed E-state index contributed by atoms with van der Waals surface area (Å²) in [7, 11) is 0. The fraction of sp³-hybridized carbons (Fsp3) is 0.500. The van der Waals surface area contributed by atoms with Gasteiger partial charge in [0.15, 0.2) is 0 Å². The summed E-state index contributed by atoms with van der Waals surface area (Å²) < 4.78 is 40.2. The highest BCUT2D eigenvalue weighted by atomic mass is 19.4. The van der Waals surface area contributed by atoms with Gasteiger partial charge in [-0.3, -0.25) is 4.79 Å². The van der Waals surface area contributed by atoms with E-state index in [-0.39, 0.29) is 12.2 Å². The Morgan fingerprint density at radius 1 is 1.29 bits per heavy atom. The highest BCUT2D eigenvalue weighted by Gasteiger charge is 2.32. The SMILES string of the molecule is CCCNC(C)(CC(N)=O)c1ccc(OC(F)(F)F)cc1. The molecule has 0 radical (unpaired) electrons. The fourth-order valence-corrected chi connectivity index (χ4v) is 2.04. The number of nitrogens with two attached hydrogens (primary N) is 1. The molecule has 4 nitrogen and oxygen atoms in total. The van der Waals surface area contributed by atoms with Crippen LogP contribution in [0.5, 0.6) is 5.75 Å². The molecule has 1 unspecified atom stereocenters. The lowest BCUT2D eigenvalue weighted by Crippen LogP contribution is -2.43. The minimum atomic E-state index is -4.72. The Labute approximate surface area is 121 Å². The molecule has 0 saturated heterocycles. The van der Waals surface area contributed by atoms with E-state index in [0.717, 1.165) is 6.42 Å². The van der Waals surface area contributed by atoms with E-state index in [1.54, 1.807) is 6.92 Å². The lowest BCUT2D eigenvalue weighted by molar-refractivity contribution is -0.274. The molecule has 0 spiro atoms. The molecule has 1 rings (SSSR count). The minimum Gasteiger partial charge on any atom is -0.406 e. The van der Waals surface area contributed by atoms with Gasteiger partial charge in [-0.15, -0.1) is 13.2 Å². The Balaban J connectivity index is 2.95. The van der Waals surface area contributed by atoms with Crippen molar-refractivity contribution >= 4 is 5.91 Å². The van der Waals surface area contributed by atoms with Crippen molar-refractivity contribution in [3.05, 3.63) is 29.8 Å². The average Bonchev–Trinajstić information content (AvgIpc) is 2.34. The van der Waals surface area contributed by atoms with Crippen molar-refractivity contribution in [3.63, 3.8) is 0 Å². The van der Waals surface area contributed by atoms with E-state index in [2.05, 4.69) is 10.1 Å². The van der Waals surface area contributed by atoms with Crippen LogP contribution in [0.4, 0.5) is 13.2 Å². The average molecular weight is 304 g/mol. The molecule has 118 valence electrons. The van der Waals surface area contributed by atoms with E-state index in [4.69, 9.17) is 5.73 Å². The van der Waals surface area contributed by atoms with Gasteiger partial charge in [-0.2, -0.15) is 0 Å². The summed E-state index contributed by atoms with van der Waals surface area (Å²) in [6, 6.07) is 5.42. The molecule has 1 atom stereocenters. The molecule has 1 aromatic carbocycles. The first-order valence-corrected chi connectivity index (χ1v) is 6.56. The topological polar surface area (TPSA) is 64.3 Å². The number of rotatable bonds is 7. The zero-order valence-corrected chi connectivity index (χ0v) is 12.0. The summed E-state index contributed by atoms with van der Waals surface area (Å²) in [5, 5.41) is 3.20. The highest BCUT2D eigenvalue weighted by molar-refractivity contribution is 5.75. The standard InChI is InChI=1S/C14H19F3N2O2/c1-3-8-19-13(2,9-12(18)20)10-4-6-11(7-5-10)21-14(15,16)17/h4-7,19H,3,8-9H2,1-2H3,(H2,18,20). The predicted octanol–water partition coefficient (Wildman–Crippen LogP) is 2.68. The van der Waals surface area contributed by atoms with Gasteiger partial charge >= 0.3 is 6.36 Å². The maximum absolute atomic E-state index is 12.1. The van der Waals surface area contributed by atoms with Crippen LogP contribution in [0.2, 0.25) is 0 Å². The largest absolute Gasteiger partial charge is 0.573 e. The zero-order valence-electron chi connectivity index (χ0n) is 12.0. The van der Waals surface area contributed by atoms with E-state index in [9.17, 15) is 18.0 Å². The number of ether oxygens (including phenoxy) is 1. The molecule has 0 aliphatic rings. The monoisotopic (exact) mass is 304 g/mol. The van der Waals surface area contributed by atoms with Crippen molar-refractivity contribution in [2.45, 2.75) is 38.6 Å². The molecule has 0 bridgehead atoms. The predicted molar refractivity (Wildman–Crippen MR) is 72.6 cm³/mol. The molecule has 0 aliphatic heterocycles. The van der Waals surface area contributed by atoms with Gasteiger partial charge < -0.3 is 15.8 Å². The maximum Gasteiger partial charge on any atom is 0.573 e. The molecular formula is C14H19F3N2O2. The number of carbonyl (C=O) groups is 1. The van der Waals surface area contributed by atoms with Crippen LogP contribution in [0.15, 0.2) is 24.3 Å². The molecule has 3 N–H and O–H groups in total. The van der Waals surface area contributed by atoms with Crippen LogP contribution >= 0.6 is 0 Å². The number of hydrogen-bond acceptors (Lipinski definition) is 3. The molecule has 1 aromatic rings. The van der Waals surface area contributed by atoms with E-state index in [1.807, 2.05) is 6.92 Å². The summed E-state index contributed by atoms with van der Waals surface area (Å²) in [4.78, 5) is 11.2. The summed E-state index contributed by atoms with van der Waals surface area (Å²) in [6.45, 7) is 4.41. The van der Waals surface area contributed by atoms with E-state index < -0.39 is 17.8 Å². The number of hydrogen-bond donors (Lipinski definition) is 2. The van der Waals surface area contributed by atoms with Crippen molar-refractivity contribution in [2.24, 2.45) is 5.73 Å². The van der Waals surface area contributed by atoms with Crippen LogP contribution in [0.1, 0.15) is 32.3 Å². The van der Waals surface area contributed by atoms with Gasteiger partial charge in [0.1, 0.15) is 5.75 Å². The Morgan fingerprint density at radius 2 is 1.86 bits per heavy atom. The molecule has 0 saturated carbocycles. The smallest absolute Gasteiger partial charge is 0.406 e. The highest BCUT2D eigenvalue weighted by Crippen LogP contribution is 2.28. The van der Waals surface area contributed by atoms with Crippen LogP contribution in [-0.2, 0) is 10.3 Å². The first-order valence-electron chi connectivity index (χ1n) is 6.56. The van der Waals surface area contributed by atoms with E-state index in [0.29, 0.717) is 12.1 Å². The summed E-state index contributed by atoms with van der Waals surface area (Å²) in [5.74, 6) is -0.792. The van der Waals surface area contributed by atoms with Crippen molar-refractivity contribution in [3.8, 4) is 5.75 Å². The van der Waals surface area contributed by atoms with Gasteiger partial charge in [-0.1, -0.05) is 19.1 Å². The van der Waals surface area contributed by atoms with Crippen molar-refractivity contribution in [1.29, 1.82) is 0 Å². The van der Waals surface area contributed by atoms with Crippen molar-refractivity contribution in [1.82, 2.24) is 5.32 Å². The van der Waals surface area contributed by atoms with Crippen LogP contribution in [0.3, 0.4) is 0 Å². The number of amides is 1. The molecule has 0 aliphatic carbocycles. The lowest BCUT2D eigenvalue weighted by atomic mass is 9.88. The summed E-state index contributed by atoms with van der Waals surface area (Å²) in [5.41, 5.74) is 5.20.